The Morgan fingerprint density at radius 1 is 0.842 bits per heavy atom. The van der Waals surface area contributed by atoms with Gasteiger partial charge in [0.25, 0.3) is 0 Å². The van der Waals surface area contributed by atoms with Gasteiger partial charge < -0.3 is 31.1 Å². The zero-order valence-electron chi connectivity index (χ0n) is 23.3. The maximum Gasteiger partial charge on any atom is 0.308 e. The van der Waals surface area contributed by atoms with E-state index in [9.17, 15) is 24.0 Å². The maximum absolute atomic E-state index is 13.0. The second-order valence-corrected chi connectivity index (χ2v) is 10.2. The molecule has 0 aliphatic carbocycles. The van der Waals surface area contributed by atoms with Gasteiger partial charge >= 0.3 is 11.9 Å². The molecule has 0 unspecified atom stereocenters. The van der Waals surface area contributed by atoms with Crippen LogP contribution in [0.1, 0.15) is 66.9 Å². The van der Waals surface area contributed by atoms with Crippen LogP contribution in [0.25, 0.3) is 0 Å². The molecule has 0 aromatic heterocycles. The van der Waals surface area contributed by atoms with Crippen LogP contribution >= 0.6 is 0 Å². The molecule has 0 radical (unpaired) electrons. The number of carboxylic acids is 1. The van der Waals surface area contributed by atoms with Crippen molar-refractivity contribution in [2.24, 2.45) is 11.8 Å². The minimum atomic E-state index is -1.02. The molecule has 38 heavy (non-hydrogen) atoms. The van der Waals surface area contributed by atoms with Crippen LogP contribution in [-0.4, -0.2) is 58.9 Å². The van der Waals surface area contributed by atoms with Crippen LogP contribution in [0.4, 0.5) is 5.69 Å². The highest BCUT2D eigenvalue weighted by Crippen LogP contribution is 2.12. The summed E-state index contributed by atoms with van der Waals surface area (Å²) >= 11 is 0. The van der Waals surface area contributed by atoms with Gasteiger partial charge in [0.1, 0.15) is 18.7 Å². The first kappa shape index (κ1) is 32.6. The van der Waals surface area contributed by atoms with Gasteiger partial charge in [0.15, 0.2) is 0 Å². The lowest BCUT2D eigenvalue weighted by molar-refractivity contribution is -0.148. The average Bonchev–Trinajstić information content (AvgIpc) is 2.83. The van der Waals surface area contributed by atoms with E-state index in [-0.39, 0.29) is 43.3 Å². The largest absolute Gasteiger partial charge is 0.481 e. The summed E-state index contributed by atoms with van der Waals surface area (Å²) in [6.45, 7) is 12.4. The molecule has 0 fully saturated rings. The van der Waals surface area contributed by atoms with Crippen molar-refractivity contribution in [3.63, 3.8) is 0 Å². The zero-order chi connectivity index (χ0) is 29.0. The summed E-state index contributed by atoms with van der Waals surface area (Å²) in [6, 6.07) is 4.11. The molecule has 1 aromatic carbocycles. The number of amides is 3. The van der Waals surface area contributed by atoms with Crippen molar-refractivity contribution in [1.82, 2.24) is 16.0 Å². The second-order valence-electron chi connectivity index (χ2n) is 10.2. The maximum atomic E-state index is 13.0. The van der Waals surface area contributed by atoms with Crippen LogP contribution < -0.4 is 21.3 Å². The lowest BCUT2D eigenvalue weighted by Crippen LogP contribution is -2.57. The fourth-order valence-corrected chi connectivity index (χ4v) is 3.37. The number of hydrogen-bond donors (Lipinski definition) is 5. The van der Waals surface area contributed by atoms with E-state index in [2.05, 4.69) is 21.3 Å². The van der Waals surface area contributed by atoms with Gasteiger partial charge in [0.05, 0.1) is 12.0 Å². The summed E-state index contributed by atoms with van der Waals surface area (Å²) < 4.78 is 5.19. The van der Waals surface area contributed by atoms with Gasteiger partial charge in [-0.15, -0.1) is 0 Å². The number of carboxylic acid groups (broad SMARTS) is 1. The monoisotopic (exact) mass is 534 g/mol. The normalized spacial score (nSPS) is 13.5. The lowest BCUT2D eigenvalue weighted by Gasteiger charge is -2.27. The topological polar surface area (TPSA) is 163 Å². The van der Waals surface area contributed by atoms with Crippen LogP contribution in [0, 0.1) is 11.8 Å². The number of esters is 1. The molecule has 0 aliphatic rings. The van der Waals surface area contributed by atoms with E-state index >= 15 is 0 Å². The highest BCUT2D eigenvalue weighted by Gasteiger charge is 2.30. The molecule has 0 spiro atoms. The van der Waals surface area contributed by atoms with Crippen molar-refractivity contribution in [2.45, 2.75) is 92.1 Å². The number of carbonyl (C=O) groups is 5. The Hall–Kier alpha value is -3.47. The number of ether oxygens (including phenoxy) is 1. The molecule has 0 saturated carbocycles. The van der Waals surface area contributed by atoms with Crippen LogP contribution in [-0.2, 0) is 35.3 Å². The molecule has 3 atom stereocenters. The van der Waals surface area contributed by atoms with Gasteiger partial charge in [-0.2, -0.15) is 0 Å². The Labute approximate surface area is 224 Å². The van der Waals surface area contributed by atoms with Crippen molar-refractivity contribution < 1.29 is 33.8 Å². The molecule has 0 heterocycles. The Morgan fingerprint density at radius 3 is 1.95 bits per heavy atom. The van der Waals surface area contributed by atoms with Crippen LogP contribution in [0.3, 0.4) is 0 Å². The third kappa shape index (κ3) is 11.7. The van der Waals surface area contributed by atoms with Gasteiger partial charge in [-0.25, -0.2) is 0 Å². The number of carbonyl (C=O) groups excluding carboxylic acids is 4. The summed E-state index contributed by atoms with van der Waals surface area (Å²) in [6.07, 6.45) is -0.124. The average molecular weight is 535 g/mol. The fraction of sp³-hybridized carbons (Fsp3) is 0.593. The lowest BCUT2D eigenvalue weighted by atomic mass is 10.0. The molecule has 11 nitrogen and oxygen atoms in total. The number of hydrogen-bond acceptors (Lipinski definition) is 7. The van der Waals surface area contributed by atoms with Crippen molar-refractivity contribution in [2.75, 3.05) is 5.32 Å². The molecule has 3 amide bonds. The minimum absolute atomic E-state index is 0.0706. The summed E-state index contributed by atoms with van der Waals surface area (Å²) in [7, 11) is 0. The molecular weight excluding hydrogens is 492 g/mol. The van der Waals surface area contributed by atoms with Gasteiger partial charge in [-0.1, -0.05) is 53.7 Å². The van der Waals surface area contributed by atoms with E-state index < -0.39 is 41.8 Å². The quantitative estimate of drug-likeness (QED) is 0.214. The summed E-state index contributed by atoms with van der Waals surface area (Å²) in [5.41, 5.74) is 1.27. The van der Waals surface area contributed by atoms with E-state index in [0.29, 0.717) is 5.69 Å². The van der Waals surface area contributed by atoms with E-state index in [1.54, 1.807) is 52.0 Å². The predicted molar refractivity (Wildman–Crippen MR) is 143 cm³/mol. The predicted octanol–water partition coefficient (Wildman–Crippen LogP) is 2.20. The second kappa shape index (κ2) is 15.7. The van der Waals surface area contributed by atoms with Gasteiger partial charge in [-0.3, -0.25) is 24.0 Å². The first-order valence-electron chi connectivity index (χ1n) is 12.9. The smallest absolute Gasteiger partial charge is 0.308 e. The Morgan fingerprint density at radius 2 is 1.45 bits per heavy atom. The van der Waals surface area contributed by atoms with Crippen LogP contribution in [0.5, 0.6) is 0 Å². The van der Waals surface area contributed by atoms with Crippen molar-refractivity contribution in [3.05, 3.63) is 29.8 Å². The van der Waals surface area contributed by atoms with E-state index in [0.717, 1.165) is 5.56 Å². The first-order chi connectivity index (χ1) is 17.7. The van der Waals surface area contributed by atoms with E-state index in [1.165, 1.54) is 6.92 Å². The van der Waals surface area contributed by atoms with Gasteiger partial charge in [0, 0.05) is 18.2 Å². The van der Waals surface area contributed by atoms with Crippen LogP contribution in [0.2, 0.25) is 0 Å². The number of benzene rings is 1. The van der Waals surface area contributed by atoms with E-state index in [4.69, 9.17) is 9.84 Å². The molecule has 5 N–H and O–H groups in total. The molecule has 212 valence electrons. The van der Waals surface area contributed by atoms with Crippen molar-refractivity contribution in [1.29, 1.82) is 0 Å². The third-order valence-corrected chi connectivity index (χ3v) is 5.57. The first-order valence-corrected chi connectivity index (χ1v) is 12.9. The number of rotatable bonds is 15. The van der Waals surface area contributed by atoms with Crippen molar-refractivity contribution >= 4 is 35.3 Å². The highest BCUT2D eigenvalue weighted by atomic mass is 16.5. The molecule has 1 rings (SSSR count). The summed E-state index contributed by atoms with van der Waals surface area (Å²) in [5, 5.41) is 20.1. The number of aliphatic carboxylic acids is 1. The van der Waals surface area contributed by atoms with Crippen molar-refractivity contribution in [3.8, 4) is 0 Å². The highest BCUT2D eigenvalue weighted by molar-refractivity contribution is 5.98. The Bertz CT molecular complexity index is 961. The zero-order valence-corrected chi connectivity index (χ0v) is 23.3. The molecule has 1 aromatic rings. The Kier molecular flexibility index (Phi) is 13.5. The standard InChI is InChI=1S/C27H42N4O7/c1-15(2)23(31-25(35)21(28-17(5)6)12-13-22(32)33)26(36)29-18(7)24(34)30-20-10-8-19(9-11-20)14-38-27(37)16(3)4/h8-11,15-18,21,23,28H,12-14H2,1-7H3,(H,29,36)(H,30,34)(H,31,35)(H,32,33)/t18-,21-,23-/m0/s1. The Balaban J connectivity index is 2.74. The summed E-state index contributed by atoms with van der Waals surface area (Å²) in [5.74, 6) is -3.28. The van der Waals surface area contributed by atoms with Crippen LogP contribution in [0.15, 0.2) is 24.3 Å². The molecule has 0 bridgehead atoms. The molecule has 0 saturated heterocycles. The molecule has 11 heteroatoms. The fourth-order valence-electron chi connectivity index (χ4n) is 3.37. The summed E-state index contributed by atoms with van der Waals surface area (Å²) in [4.78, 5) is 61.1. The minimum Gasteiger partial charge on any atom is -0.481 e. The number of anilines is 1. The van der Waals surface area contributed by atoms with Gasteiger partial charge in [0.2, 0.25) is 17.7 Å². The molecule has 0 aliphatic heterocycles. The van der Waals surface area contributed by atoms with E-state index in [1.807, 2.05) is 13.8 Å². The SMILES string of the molecule is CC(C)N[C@@H](CCC(=O)O)C(=O)N[C@H](C(=O)N[C@@H](C)C(=O)Nc1ccc(COC(=O)C(C)C)cc1)C(C)C. The van der Waals surface area contributed by atoms with Gasteiger partial charge in [-0.05, 0) is 37.0 Å². The number of nitrogens with one attached hydrogen (secondary N) is 4. The third-order valence-electron chi connectivity index (χ3n) is 5.57. The molecular formula is C27H42N4O7.